The quantitative estimate of drug-likeness (QED) is 0.439. The van der Waals surface area contributed by atoms with E-state index in [0.717, 1.165) is 25.7 Å². The zero-order chi connectivity index (χ0) is 10.6. The largest absolute Gasteiger partial charge is 0.396 e. The number of hydrogen-bond donors (Lipinski definition) is 1. The van der Waals surface area contributed by atoms with E-state index in [0.29, 0.717) is 6.61 Å². The lowest BCUT2D eigenvalue weighted by Crippen LogP contribution is -1.81. The number of aliphatic hydroxyl groups is 1. The molecule has 1 N–H and O–H groups in total. The van der Waals surface area contributed by atoms with Crippen LogP contribution < -0.4 is 0 Å². The average Bonchev–Trinajstić information content (AvgIpc) is 2.18. The van der Waals surface area contributed by atoms with Crippen molar-refractivity contribution in [2.45, 2.75) is 51.9 Å². The fourth-order valence-corrected chi connectivity index (χ4v) is 1.31. The summed E-state index contributed by atoms with van der Waals surface area (Å²) in [6.07, 6.45) is 12.3. The Morgan fingerprint density at radius 2 is 2.00 bits per heavy atom. The first-order chi connectivity index (χ1) is 6.81. The van der Waals surface area contributed by atoms with E-state index in [1.54, 1.807) is 0 Å². The first-order valence-electron chi connectivity index (χ1n) is 5.76. The van der Waals surface area contributed by atoms with Crippen LogP contribution >= 0.6 is 0 Å². The zero-order valence-corrected chi connectivity index (χ0v) is 9.47. The van der Waals surface area contributed by atoms with Gasteiger partial charge >= 0.3 is 0 Å². The van der Waals surface area contributed by atoms with E-state index in [4.69, 9.17) is 5.11 Å². The highest BCUT2D eigenvalue weighted by molar-refractivity contribution is 5.13. The number of rotatable bonds is 9. The Morgan fingerprint density at radius 1 is 1.21 bits per heavy atom. The van der Waals surface area contributed by atoms with Gasteiger partial charge in [-0.05, 0) is 32.1 Å². The minimum absolute atomic E-state index is 0.311. The summed E-state index contributed by atoms with van der Waals surface area (Å²) in [6.45, 7) is 6.53. The van der Waals surface area contributed by atoms with Crippen molar-refractivity contribution in [2.24, 2.45) is 0 Å². The van der Waals surface area contributed by atoms with Crippen molar-refractivity contribution in [3.05, 3.63) is 24.3 Å². The standard InChI is InChI=1S/C13H24O/c1-3-4-7-10-13(2)11-8-5-6-9-12-14/h8,11,14H,2-7,9-10,12H2,1H3/b11-8-. The monoisotopic (exact) mass is 196 g/mol. The Hall–Kier alpha value is -0.560. The van der Waals surface area contributed by atoms with Gasteiger partial charge in [-0.1, -0.05) is 44.1 Å². The third kappa shape index (κ3) is 9.53. The Balaban J connectivity index is 3.32. The van der Waals surface area contributed by atoms with Crippen LogP contribution in [-0.4, -0.2) is 11.7 Å². The second-order valence-corrected chi connectivity index (χ2v) is 3.74. The van der Waals surface area contributed by atoms with Gasteiger partial charge in [0.15, 0.2) is 0 Å². The van der Waals surface area contributed by atoms with Crippen LogP contribution in [0.4, 0.5) is 0 Å². The summed E-state index contributed by atoms with van der Waals surface area (Å²) in [6, 6.07) is 0. The van der Waals surface area contributed by atoms with Gasteiger partial charge in [-0.25, -0.2) is 0 Å². The van der Waals surface area contributed by atoms with Crippen molar-refractivity contribution < 1.29 is 5.11 Å². The molecule has 14 heavy (non-hydrogen) atoms. The number of allylic oxidation sites excluding steroid dienone is 3. The smallest absolute Gasteiger partial charge is 0.0431 e. The van der Waals surface area contributed by atoms with Crippen molar-refractivity contribution in [3.63, 3.8) is 0 Å². The van der Waals surface area contributed by atoms with E-state index in [9.17, 15) is 0 Å². The lowest BCUT2D eigenvalue weighted by molar-refractivity contribution is 0.285. The average molecular weight is 196 g/mol. The maximum atomic E-state index is 8.58. The summed E-state index contributed by atoms with van der Waals surface area (Å²) in [5.74, 6) is 0. The molecule has 0 aliphatic carbocycles. The van der Waals surface area contributed by atoms with Gasteiger partial charge in [0.2, 0.25) is 0 Å². The molecule has 0 aliphatic rings. The summed E-state index contributed by atoms with van der Waals surface area (Å²) in [5, 5.41) is 8.58. The molecule has 0 rings (SSSR count). The van der Waals surface area contributed by atoms with Gasteiger partial charge in [0.25, 0.3) is 0 Å². The number of hydrogen-bond acceptors (Lipinski definition) is 1. The first-order valence-corrected chi connectivity index (χ1v) is 5.76. The molecule has 0 aromatic carbocycles. The van der Waals surface area contributed by atoms with Gasteiger partial charge in [-0.15, -0.1) is 0 Å². The van der Waals surface area contributed by atoms with E-state index in [1.165, 1.54) is 24.8 Å². The normalized spacial score (nSPS) is 11.0. The fourth-order valence-electron chi connectivity index (χ4n) is 1.31. The lowest BCUT2D eigenvalue weighted by atomic mass is 10.1. The van der Waals surface area contributed by atoms with Crippen LogP contribution in [0, 0.1) is 0 Å². The van der Waals surface area contributed by atoms with Gasteiger partial charge in [-0.3, -0.25) is 0 Å². The molecule has 0 saturated heterocycles. The summed E-state index contributed by atoms with van der Waals surface area (Å²) < 4.78 is 0. The highest BCUT2D eigenvalue weighted by atomic mass is 16.2. The predicted molar refractivity (Wildman–Crippen MR) is 63.4 cm³/mol. The van der Waals surface area contributed by atoms with Gasteiger partial charge in [0, 0.05) is 6.61 Å². The zero-order valence-electron chi connectivity index (χ0n) is 9.47. The van der Waals surface area contributed by atoms with Crippen molar-refractivity contribution in [1.82, 2.24) is 0 Å². The van der Waals surface area contributed by atoms with E-state index in [2.05, 4.69) is 25.7 Å². The van der Waals surface area contributed by atoms with Crippen molar-refractivity contribution >= 4 is 0 Å². The minimum Gasteiger partial charge on any atom is -0.396 e. The topological polar surface area (TPSA) is 20.2 Å². The second-order valence-electron chi connectivity index (χ2n) is 3.74. The van der Waals surface area contributed by atoms with Crippen LogP contribution in [0.15, 0.2) is 24.3 Å². The Kier molecular flexibility index (Phi) is 10.1. The maximum absolute atomic E-state index is 8.58. The van der Waals surface area contributed by atoms with E-state index >= 15 is 0 Å². The third-order valence-electron chi connectivity index (χ3n) is 2.23. The molecule has 0 aromatic rings. The molecule has 0 saturated carbocycles. The number of aliphatic hydroxyl groups excluding tert-OH is 1. The minimum atomic E-state index is 0.311. The van der Waals surface area contributed by atoms with Gasteiger partial charge in [0.05, 0.1) is 0 Å². The molecule has 0 radical (unpaired) electrons. The Bertz CT molecular complexity index is 159. The Morgan fingerprint density at radius 3 is 2.64 bits per heavy atom. The molecule has 0 atom stereocenters. The van der Waals surface area contributed by atoms with Crippen LogP contribution in [0.5, 0.6) is 0 Å². The summed E-state index contributed by atoms with van der Waals surface area (Å²) in [4.78, 5) is 0. The molecule has 0 heterocycles. The van der Waals surface area contributed by atoms with Gasteiger partial charge < -0.3 is 5.11 Å². The maximum Gasteiger partial charge on any atom is 0.0431 e. The molecule has 0 aromatic heterocycles. The van der Waals surface area contributed by atoms with Gasteiger partial charge in [-0.2, -0.15) is 0 Å². The molecule has 0 unspecified atom stereocenters. The lowest BCUT2D eigenvalue weighted by Gasteiger charge is -1.98. The van der Waals surface area contributed by atoms with E-state index < -0.39 is 0 Å². The van der Waals surface area contributed by atoms with Crippen LogP contribution in [0.1, 0.15) is 51.9 Å². The fraction of sp³-hybridized carbons (Fsp3) is 0.692. The predicted octanol–water partition coefficient (Wildman–Crippen LogP) is 3.84. The van der Waals surface area contributed by atoms with Gasteiger partial charge in [0.1, 0.15) is 0 Å². The highest BCUT2D eigenvalue weighted by Gasteiger charge is 1.89. The summed E-state index contributed by atoms with van der Waals surface area (Å²) in [7, 11) is 0. The first kappa shape index (κ1) is 13.4. The molecule has 82 valence electrons. The van der Waals surface area contributed by atoms with E-state index in [-0.39, 0.29) is 0 Å². The second kappa shape index (κ2) is 10.5. The SMILES string of the molecule is C=C(/C=C\CCCCO)CCCCC. The highest BCUT2D eigenvalue weighted by Crippen LogP contribution is 2.08. The van der Waals surface area contributed by atoms with Crippen LogP contribution in [0.3, 0.4) is 0 Å². The summed E-state index contributed by atoms with van der Waals surface area (Å²) >= 11 is 0. The van der Waals surface area contributed by atoms with Crippen LogP contribution in [-0.2, 0) is 0 Å². The van der Waals surface area contributed by atoms with E-state index in [1.807, 2.05) is 0 Å². The Labute approximate surface area is 88.5 Å². The molecule has 0 fully saturated rings. The number of unbranched alkanes of at least 4 members (excludes halogenated alkanes) is 4. The summed E-state index contributed by atoms with van der Waals surface area (Å²) in [5.41, 5.74) is 1.24. The molecule has 0 amide bonds. The molecule has 0 bridgehead atoms. The molecule has 0 aliphatic heterocycles. The molecular weight excluding hydrogens is 172 g/mol. The van der Waals surface area contributed by atoms with Crippen LogP contribution in [0.2, 0.25) is 0 Å². The molecule has 1 heteroatoms. The molecule has 1 nitrogen and oxygen atoms in total. The van der Waals surface area contributed by atoms with Crippen molar-refractivity contribution in [2.75, 3.05) is 6.61 Å². The van der Waals surface area contributed by atoms with Crippen LogP contribution in [0.25, 0.3) is 0 Å². The van der Waals surface area contributed by atoms with Crippen molar-refractivity contribution in [3.8, 4) is 0 Å². The molecule has 0 spiro atoms. The molecular formula is C13H24O. The van der Waals surface area contributed by atoms with Crippen molar-refractivity contribution in [1.29, 1.82) is 0 Å². The third-order valence-corrected chi connectivity index (χ3v) is 2.23.